The smallest absolute Gasteiger partial charge is 0.314 e. The van der Waals surface area contributed by atoms with Crippen molar-refractivity contribution in [3.05, 3.63) is 35.1 Å². The molecule has 2 rings (SSSR count). The molecule has 0 amide bonds. The minimum atomic E-state index is -1.10. The number of benzene rings is 1. The highest BCUT2D eigenvalue weighted by atomic mass is 19.1. The molecule has 0 spiro atoms. The SMILES string of the molecule is O=C1CC(c2c(F)cc(F)cc2F)CC(=O)O1. The minimum absolute atomic E-state index is 0.300. The first-order valence-corrected chi connectivity index (χ1v) is 4.85. The van der Waals surface area contributed by atoms with Crippen LogP contribution >= 0.6 is 0 Å². The Kier molecular flexibility index (Phi) is 2.87. The lowest BCUT2D eigenvalue weighted by atomic mass is 9.90. The van der Waals surface area contributed by atoms with E-state index in [1.807, 2.05) is 0 Å². The fourth-order valence-electron chi connectivity index (χ4n) is 1.83. The van der Waals surface area contributed by atoms with Crippen LogP contribution < -0.4 is 0 Å². The molecule has 0 N–H and O–H groups in total. The summed E-state index contributed by atoms with van der Waals surface area (Å²) in [7, 11) is 0. The van der Waals surface area contributed by atoms with E-state index < -0.39 is 40.9 Å². The molecular formula is C11H7F3O3. The third-order valence-corrected chi connectivity index (χ3v) is 2.51. The van der Waals surface area contributed by atoms with Crippen LogP contribution in [0.5, 0.6) is 0 Å². The van der Waals surface area contributed by atoms with Crippen molar-refractivity contribution in [2.45, 2.75) is 18.8 Å². The monoisotopic (exact) mass is 244 g/mol. The molecule has 0 atom stereocenters. The van der Waals surface area contributed by atoms with Crippen molar-refractivity contribution in [2.24, 2.45) is 0 Å². The van der Waals surface area contributed by atoms with E-state index in [1.54, 1.807) is 0 Å². The molecule has 1 aromatic carbocycles. The zero-order valence-electron chi connectivity index (χ0n) is 8.50. The molecule has 90 valence electrons. The zero-order chi connectivity index (χ0) is 12.6. The van der Waals surface area contributed by atoms with E-state index in [2.05, 4.69) is 4.74 Å². The van der Waals surface area contributed by atoms with Crippen molar-refractivity contribution < 1.29 is 27.5 Å². The Labute approximate surface area is 94.2 Å². The molecular weight excluding hydrogens is 237 g/mol. The highest BCUT2D eigenvalue weighted by Gasteiger charge is 2.32. The molecule has 1 aromatic rings. The Bertz CT molecular complexity index is 460. The Morgan fingerprint density at radius 3 is 1.94 bits per heavy atom. The highest BCUT2D eigenvalue weighted by Crippen LogP contribution is 2.32. The molecule has 0 aliphatic carbocycles. The number of hydrogen-bond donors (Lipinski definition) is 0. The van der Waals surface area contributed by atoms with E-state index >= 15 is 0 Å². The Hall–Kier alpha value is -1.85. The predicted octanol–water partition coefficient (Wildman–Crippen LogP) is 2.05. The number of cyclic esters (lactones) is 2. The van der Waals surface area contributed by atoms with Crippen LogP contribution in [0.15, 0.2) is 12.1 Å². The van der Waals surface area contributed by atoms with Crippen molar-refractivity contribution in [3.8, 4) is 0 Å². The number of carbonyl (C=O) groups is 2. The second-order valence-corrected chi connectivity index (χ2v) is 3.73. The first kappa shape index (κ1) is 11.6. The molecule has 17 heavy (non-hydrogen) atoms. The second-order valence-electron chi connectivity index (χ2n) is 3.73. The standard InChI is InChI=1S/C11H7F3O3/c12-6-3-7(13)11(8(14)4-6)5-1-9(15)17-10(16)2-5/h3-5H,1-2H2. The summed E-state index contributed by atoms with van der Waals surface area (Å²) in [4.78, 5) is 22.0. The van der Waals surface area contributed by atoms with E-state index in [0.29, 0.717) is 12.1 Å². The summed E-state index contributed by atoms with van der Waals surface area (Å²) >= 11 is 0. The Balaban J connectivity index is 2.40. The summed E-state index contributed by atoms with van der Waals surface area (Å²) in [6, 6.07) is 1.03. The minimum Gasteiger partial charge on any atom is -0.393 e. The lowest BCUT2D eigenvalue weighted by Gasteiger charge is -2.20. The van der Waals surface area contributed by atoms with Gasteiger partial charge in [0.1, 0.15) is 17.5 Å². The third-order valence-electron chi connectivity index (χ3n) is 2.51. The molecule has 1 fully saturated rings. The fraction of sp³-hybridized carbons (Fsp3) is 0.273. The predicted molar refractivity (Wildman–Crippen MR) is 49.4 cm³/mol. The van der Waals surface area contributed by atoms with E-state index in [0.717, 1.165) is 0 Å². The summed E-state index contributed by atoms with van der Waals surface area (Å²) in [5, 5.41) is 0. The second kappa shape index (κ2) is 4.20. The highest BCUT2D eigenvalue weighted by molar-refractivity contribution is 5.89. The van der Waals surface area contributed by atoms with Gasteiger partial charge in [-0.15, -0.1) is 0 Å². The molecule has 3 nitrogen and oxygen atoms in total. The van der Waals surface area contributed by atoms with Crippen molar-refractivity contribution in [1.82, 2.24) is 0 Å². The first-order valence-electron chi connectivity index (χ1n) is 4.85. The van der Waals surface area contributed by atoms with Gasteiger partial charge in [0.15, 0.2) is 0 Å². The fourth-order valence-corrected chi connectivity index (χ4v) is 1.83. The van der Waals surface area contributed by atoms with E-state index in [-0.39, 0.29) is 12.8 Å². The van der Waals surface area contributed by atoms with Gasteiger partial charge < -0.3 is 4.74 Å². The van der Waals surface area contributed by atoms with Gasteiger partial charge in [-0.25, -0.2) is 13.2 Å². The lowest BCUT2D eigenvalue weighted by molar-refractivity contribution is -0.163. The zero-order valence-corrected chi connectivity index (χ0v) is 8.50. The maximum Gasteiger partial charge on any atom is 0.314 e. The van der Waals surface area contributed by atoms with Gasteiger partial charge in [0.2, 0.25) is 0 Å². The largest absolute Gasteiger partial charge is 0.393 e. The molecule has 0 unspecified atom stereocenters. The van der Waals surface area contributed by atoms with Gasteiger partial charge in [-0.3, -0.25) is 9.59 Å². The van der Waals surface area contributed by atoms with Crippen molar-refractivity contribution in [2.75, 3.05) is 0 Å². The van der Waals surface area contributed by atoms with Gasteiger partial charge >= 0.3 is 11.9 Å². The Morgan fingerprint density at radius 1 is 1.00 bits per heavy atom. The number of esters is 2. The average Bonchev–Trinajstić information content (AvgIpc) is 2.13. The first-order chi connectivity index (χ1) is 7.97. The summed E-state index contributed by atoms with van der Waals surface area (Å²) < 4.78 is 43.7. The van der Waals surface area contributed by atoms with Gasteiger partial charge in [-0.2, -0.15) is 0 Å². The number of ether oxygens (including phenoxy) is 1. The van der Waals surface area contributed by atoms with Crippen LogP contribution in [0, 0.1) is 17.5 Å². The number of halogens is 3. The molecule has 0 saturated carbocycles. The van der Waals surface area contributed by atoms with Crippen molar-refractivity contribution in [3.63, 3.8) is 0 Å². The number of rotatable bonds is 1. The summed E-state index contributed by atoms with van der Waals surface area (Å²) in [6.45, 7) is 0. The van der Waals surface area contributed by atoms with Crippen LogP contribution in [0.2, 0.25) is 0 Å². The van der Waals surface area contributed by atoms with Crippen LogP contribution in [0.25, 0.3) is 0 Å². The van der Waals surface area contributed by atoms with Crippen LogP contribution in [-0.2, 0) is 14.3 Å². The molecule has 1 saturated heterocycles. The molecule has 0 radical (unpaired) electrons. The summed E-state index contributed by atoms with van der Waals surface area (Å²) in [5.41, 5.74) is -0.448. The van der Waals surface area contributed by atoms with Crippen molar-refractivity contribution in [1.29, 1.82) is 0 Å². The molecule has 6 heteroatoms. The van der Waals surface area contributed by atoms with E-state index in [9.17, 15) is 22.8 Å². The maximum absolute atomic E-state index is 13.4. The molecule has 1 heterocycles. The summed E-state index contributed by atoms with van der Waals surface area (Å²) in [5.74, 6) is -5.87. The van der Waals surface area contributed by atoms with Crippen LogP contribution in [0.4, 0.5) is 13.2 Å². The Morgan fingerprint density at radius 2 is 1.47 bits per heavy atom. The number of hydrogen-bond acceptors (Lipinski definition) is 3. The maximum atomic E-state index is 13.4. The van der Waals surface area contributed by atoms with Gasteiger partial charge in [0.25, 0.3) is 0 Å². The van der Waals surface area contributed by atoms with E-state index in [4.69, 9.17) is 0 Å². The average molecular weight is 244 g/mol. The quantitative estimate of drug-likeness (QED) is 0.561. The lowest BCUT2D eigenvalue weighted by Crippen LogP contribution is -2.25. The topological polar surface area (TPSA) is 43.4 Å². The van der Waals surface area contributed by atoms with Gasteiger partial charge in [-0.05, 0) is 0 Å². The molecule has 0 bridgehead atoms. The van der Waals surface area contributed by atoms with Crippen molar-refractivity contribution >= 4 is 11.9 Å². The van der Waals surface area contributed by atoms with Gasteiger partial charge in [0.05, 0.1) is 12.8 Å². The van der Waals surface area contributed by atoms with Crippen LogP contribution in [0.3, 0.4) is 0 Å². The molecule has 1 aliphatic heterocycles. The normalized spacial score (nSPS) is 17.1. The molecule has 0 aromatic heterocycles. The third kappa shape index (κ3) is 2.30. The van der Waals surface area contributed by atoms with Crippen LogP contribution in [-0.4, -0.2) is 11.9 Å². The van der Waals surface area contributed by atoms with Crippen LogP contribution in [0.1, 0.15) is 24.3 Å². The number of carbonyl (C=O) groups excluding carboxylic acids is 2. The molecule has 1 aliphatic rings. The summed E-state index contributed by atoms with van der Waals surface area (Å²) in [6.07, 6.45) is -0.601. The van der Waals surface area contributed by atoms with Gasteiger partial charge in [0, 0.05) is 23.6 Å². The van der Waals surface area contributed by atoms with E-state index in [1.165, 1.54) is 0 Å². The van der Waals surface area contributed by atoms with Gasteiger partial charge in [-0.1, -0.05) is 0 Å².